The average molecular weight is 290 g/mol. The molecule has 1 saturated heterocycles. The van der Waals surface area contributed by atoms with E-state index in [4.69, 9.17) is 4.74 Å². The lowest BCUT2D eigenvalue weighted by molar-refractivity contribution is -0.0998. The first-order valence-electron chi connectivity index (χ1n) is 5.15. The van der Waals surface area contributed by atoms with Crippen molar-refractivity contribution >= 4 is 27.3 Å². The topological polar surface area (TPSA) is 21.3 Å². The van der Waals surface area contributed by atoms with Crippen LogP contribution in [0, 0.1) is 5.41 Å². The lowest BCUT2D eigenvalue weighted by atomic mass is 9.88. The number of nitrogens with one attached hydrogen (secondary N) is 1. The lowest BCUT2D eigenvalue weighted by Gasteiger charge is -2.39. The second-order valence-electron chi connectivity index (χ2n) is 4.54. The van der Waals surface area contributed by atoms with Crippen molar-refractivity contribution in [1.29, 1.82) is 0 Å². The van der Waals surface area contributed by atoms with Crippen LogP contribution in [-0.4, -0.2) is 19.8 Å². The highest BCUT2D eigenvalue weighted by atomic mass is 79.9. The van der Waals surface area contributed by atoms with Crippen LogP contribution >= 0.6 is 27.3 Å². The monoisotopic (exact) mass is 289 g/mol. The molecule has 0 radical (unpaired) electrons. The zero-order valence-electron chi connectivity index (χ0n) is 9.05. The minimum absolute atomic E-state index is 0.345. The van der Waals surface area contributed by atoms with Crippen LogP contribution in [0.3, 0.4) is 0 Å². The highest BCUT2D eigenvalue weighted by Gasteiger charge is 2.33. The lowest BCUT2D eigenvalue weighted by Crippen LogP contribution is -2.47. The largest absolute Gasteiger partial charge is 0.380 e. The van der Waals surface area contributed by atoms with Gasteiger partial charge in [-0.3, -0.25) is 0 Å². The van der Waals surface area contributed by atoms with Crippen LogP contribution in [0.15, 0.2) is 15.9 Å². The number of hydrogen-bond acceptors (Lipinski definition) is 3. The summed E-state index contributed by atoms with van der Waals surface area (Å²) in [5.74, 6) is 0. The second kappa shape index (κ2) is 4.53. The fourth-order valence-electron chi connectivity index (χ4n) is 1.66. The van der Waals surface area contributed by atoms with E-state index in [0.717, 1.165) is 19.8 Å². The van der Waals surface area contributed by atoms with E-state index in [0.29, 0.717) is 11.5 Å². The maximum absolute atomic E-state index is 5.24. The molecule has 0 spiro atoms. The molecule has 4 heteroatoms. The van der Waals surface area contributed by atoms with Gasteiger partial charge in [-0.25, -0.2) is 0 Å². The standard InChI is InChI=1S/C11H16BrNOS/c1-8(10-9(12)3-4-15-10)13-5-11(2)6-14-7-11/h3-4,8,13H,5-7H2,1-2H3. The highest BCUT2D eigenvalue weighted by molar-refractivity contribution is 9.10. The molecule has 2 nitrogen and oxygen atoms in total. The minimum atomic E-state index is 0.345. The first-order chi connectivity index (χ1) is 7.11. The first-order valence-corrected chi connectivity index (χ1v) is 6.82. The molecule has 2 heterocycles. The molecule has 1 aliphatic heterocycles. The maximum Gasteiger partial charge on any atom is 0.0554 e. The van der Waals surface area contributed by atoms with Crippen molar-refractivity contribution < 1.29 is 4.74 Å². The normalized spacial score (nSPS) is 21.0. The van der Waals surface area contributed by atoms with Gasteiger partial charge in [0.2, 0.25) is 0 Å². The van der Waals surface area contributed by atoms with Crippen molar-refractivity contribution in [2.75, 3.05) is 19.8 Å². The molecule has 0 aromatic carbocycles. The molecular formula is C11H16BrNOS. The van der Waals surface area contributed by atoms with Crippen molar-refractivity contribution in [2.45, 2.75) is 19.9 Å². The van der Waals surface area contributed by atoms with Crippen molar-refractivity contribution in [3.63, 3.8) is 0 Å². The van der Waals surface area contributed by atoms with E-state index in [2.05, 4.69) is 46.5 Å². The van der Waals surface area contributed by atoms with Crippen LogP contribution < -0.4 is 5.32 Å². The molecule has 0 amide bonds. The molecular weight excluding hydrogens is 274 g/mol. The van der Waals surface area contributed by atoms with Gasteiger partial charge in [-0.2, -0.15) is 0 Å². The number of thiophene rings is 1. The van der Waals surface area contributed by atoms with Crippen molar-refractivity contribution in [2.24, 2.45) is 5.41 Å². The van der Waals surface area contributed by atoms with E-state index in [1.54, 1.807) is 11.3 Å². The molecule has 0 aliphatic carbocycles. The van der Waals surface area contributed by atoms with Crippen LogP contribution in [0.4, 0.5) is 0 Å². The van der Waals surface area contributed by atoms with E-state index in [9.17, 15) is 0 Å². The molecule has 1 N–H and O–H groups in total. The van der Waals surface area contributed by atoms with E-state index in [1.807, 2.05) is 0 Å². The van der Waals surface area contributed by atoms with Gasteiger partial charge in [0.15, 0.2) is 0 Å². The van der Waals surface area contributed by atoms with E-state index in [-0.39, 0.29) is 0 Å². The molecule has 2 rings (SSSR count). The van der Waals surface area contributed by atoms with Crippen LogP contribution in [0.1, 0.15) is 24.8 Å². The molecule has 84 valence electrons. The van der Waals surface area contributed by atoms with Crippen LogP contribution in [-0.2, 0) is 4.74 Å². The molecule has 1 unspecified atom stereocenters. The van der Waals surface area contributed by atoms with Gasteiger partial charge in [0.05, 0.1) is 13.2 Å². The summed E-state index contributed by atoms with van der Waals surface area (Å²) >= 11 is 5.36. The van der Waals surface area contributed by atoms with Gasteiger partial charge >= 0.3 is 0 Å². The number of halogens is 1. The smallest absolute Gasteiger partial charge is 0.0554 e. The molecule has 0 saturated carbocycles. The van der Waals surface area contributed by atoms with Gasteiger partial charge in [0, 0.05) is 27.4 Å². The Bertz CT molecular complexity index is 335. The predicted molar refractivity (Wildman–Crippen MR) is 67.4 cm³/mol. The molecule has 1 aromatic rings. The highest BCUT2D eigenvalue weighted by Crippen LogP contribution is 2.30. The Morgan fingerprint density at radius 1 is 1.67 bits per heavy atom. The molecule has 1 atom stereocenters. The Morgan fingerprint density at radius 2 is 2.40 bits per heavy atom. The van der Waals surface area contributed by atoms with Crippen LogP contribution in [0.5, 0.6) is 0 Å². The van der Waals surface area contributed by atoms with E-state index in [1.165, 1.54) is 9.35 Å². The number of rotatable bonds is 4. The third kappa shape index (κ3) is 2.61. The first kappa shape index (κ1) is 11.6. The zero-order valence-corrected chi connectivity index (χ0v) is 11.5. The van der Waals surface area contributed by atoms with Gasteiger partial charge in [-0.1, -0.05) is 6.92 Å². The fourth-order valence-corrected chi connectivity index (χ4v) is 3.41. The third-order valence-electron chi connectivity index (χ3n) is 2.77. The summed E-state index contributed by atoms with van der Waals surface area (Å²) in [6.07, 6.45) is 0. The van der Waals surface area contributed by atoms with Gasteiger partial charge in [0.1, 0.15) is 0 Å². The van der Waals surface area contributed by atoms with Gasteiger partial charge in [-0.15, -0.1) is 11.3 Å². The Kier molecular flexibility index (Phi) is 3.50. The predicted octanol–water partition coefficient (Wildman–Crippen LogP) is 3.20. The van der Waals surface area contributed by atoms with Gasteiger partial charge < -0.3 is 10.1 Å². The SMILES string of the molecule is CC(NCC1(C)COC1)c1sccc1Br. The molecule has 15 heavy (non-hydrogen) atoms. The van der Waals surface area contributed by atoms with Crippen LogP contribution in [0.2, 0.25) is 0 Å². The summed E-state index contributed by atoms with van der Waals surface area (Å²) in [5, 5.41) is 5.69. The number of ether oxygens (including phenoxy) is 1. The summed E-state index contributed by atoms with van der Waals surface area (Å²) in [4.78, 5) is 1.37. The summed E-state index contributed by atoms with van der Waals surface area (Å²) in [5.41, 5.74) is 0.345. The summed E-state index contributed by atoms with van der Waals surface area (Å²) in [6.45, 7) is 7.27. The van der Waals surface area contributed by atoms with Crippen molar-refractivity contribution in [1.82, 2.24) is 5.32 Å². The Balaban J connectivity index is 1.87. The Morgan fingerprint density at radius 3 is 2.87 bits per heavy atom. The quantitative estimate of drug-likeness (QED) is 0.919. The zero-order chi connectivity index (χ0) is 10.9. The fraction of sp³-hybridized carbons (Fsp3) is 0.636. The average Bonchev–Trinajstić information content (AvgIpc) is 2.58. The molecule has 1 fully saturated rings. The minimum Gasteiger partial charge on any atom is -0.380 e. The number of hydrogen-bond donors (Lipinski definition) is 1. The maximum atomic E-state index is 5.24. The van der Waals surface area contributed by atoms with Crippen LogP contribution in [0.25, 0.3) is 0 Å². The third-order valence-corrected chi connectivity index (χ3v) is 4.83. The summed E-state index contributed by atoms with van der Waals surface area (Å²) in [7, 11) is 0. The van der Waals surface area contributed by atoms with E-state index >= 15 is 0 Å². The van der Waals surface area contributed by atoms with Gasteiger partial charge in [-0.05, 0) is 34.3 Å². The molecule has 0 bridgehead atoms. The van der Waals surface area contributed by atoms with Crippen molar-refractivity contribution in [3.8, 4) is 0 Å². The van der Waals surface area contributed by atoms with Gasteiger partial charge in [0.25, 0.3) is 0 Å². The second-order valence-corrected chi connectivity index (χ2v) is 6.34. The van der Waals surface area contributed by atoms with Crippen molar-refractivity contribution in [3.05, 3.63) is 20.8 Å². The Hall–Kier alpha value is 0.100. The molecule has 1 aliphatic rings. The molecule has 1 aromatic heterocycles. The summed E-state index contributed by atoms with van der Waals surface area (Å²) in [6, 6.07) is 2.52. The Labute approximate surface area is 103 Å². The summed E-state index contributed by atoms with van der Waals surface area (Å²) < 4.78 is 6.45. The van der Waals surface area contributed by atoms with E-state index < -0.39 is 0 Å².